The van der Waals surface area contributed by atoms with Crippen molar-refractivity contribution in [3.63, 3.8) is 0 Å². The molecule has 0 fully saturated rings. The Balaban J connectivity index is 1.63. The van der Waals surface area contributed by atoms with Gasteiger partial charge in [0.15, 0.2) is 0 Å². The van der Waals surface area contributed by atoms with Crippen LogP contribution < -0.4 is 19.5 Å². The van der Waals surface area contributed by atoms with Crippen molar-refractivity contribution in [3.05, 3.63) is 29.5 Å². The van der Waals surface area contributed by atoms with Crippen molar-refractivity contribution < 1.29 is 24.1 Å². The number of aliphatic hydroxyl groups is 1. The first kappa shape index (κ1) is 21.0. The predicted octanol–water partition coefficient (Wildman–Crippen LogP) is 2.81. The number of ether oxygens (including phenoxy) is 3. The maximum atomic E-state index is 11.1. The van der Waals surface area contributed by atoms with Crippen LogP contribution in [0.2, 0.25) is 5.02 Å². The summed E-state index contributed by atoms with van der Waals surface area (Å²) in [6.07, 6.45) is 2.81. The zero-order valence-electron chi connectivity index (χ0n) is 15.7. The Hall–Kier alpha value is -2.69. The minimum atomic E-state index is -0.570. The number of rotatable bonds is 9. The Morgan fingerprint density at radius 1 is 1.28 bits per heavy atom. The number of nitrogens with one attached hydrogen (secondary N) is 1. The Labute approximate surface area is 175 Å². The van der Waals surface area contributed by atoms with Gasteiger partial charge in [-0.2, -0.15) is 0 Å². The van der Waals surface area contributed by atoms with Gasteiger partial charge in [-0.05, 0) is 26.0 Å². The average Bonchev–Trinajstić information content (AvgIpc) is 3.13. The lowest BCUT2D eigenvalue weighted by atomic mass is 10.3. The molecule has 29 heavy (non-hydrogen) atoms. The van der Waals surface area contributed by atoms with E-state index < -0.39 is 12.5 Å². The number of carbonyl (C=O) groups excluding carboxylic acids is 1. The molecule has 0 aliphatic rings. The summed E-state index contributed by atoms with van der Waals surface area (Å²) in [7, 11) is 0. The Morgan fingerprint density at radius 2 is 2.03 bits per heavy atom. The smallest absolute Gasteiger partial charge is 0.274 e. The van der Waals surface area contributed by atoms with E-state index >= 15 is 0 Å². The lowest BCUT2D eigenvalue weighted by Gasteiger charge is -2.13. The number of carbonyl (C=O) groups is 1. The van der Waals surface area contributed by atoms with E-state index in [0.717, 1.165) is 10.2 Å². The molecule has 9 nitrogen and oxygen atoms in total. The molecule has 0 unspecified atom stereocenters. The highest BCUT2D eigenvalue weighted by molar-refractivity contribution is 7.20. The van der Waals surface area contributed by atoms with Crippen molar-refractivity contribution in [2.24, 2.45) is 0 Å². The van der Waals surface area contributed by atoms with Crippen LogP contribution in [0.5, 0.6) is 22.7 Å². The van der Waals surface area contributed by atoms with Crippen LogP contribution in [0.15, 0.2) is 24.5 Å². The lowest BCUT2D eigenvalue weighted by Crippen LogP contribution is -2.38. The monoisotopic (exact) mass is 438 g/mol. The summed E-state index contributed by atoms with van der Waals surface area (Å²) in [6.45, 7) is 3.76. The molecular formula is C18H19ClN4O5S. The first-order valence-corrected chi connectivity index (χ1v) is 9.94. The minimum Gasteiger partial charge on any atom is -0.474 e. The standard InChI is InChI=1S/C18H19ClN4O5S/c1-3-26-18-23-11-4-5-12(16(19)17(11)29-18)28-15-7-20-14(6-21-15)27-9-10(2)22-13(25)8-24/h4-7,10,24H,3,8-9H2,1-2H3,(H,22,25)/t10-/m0/s1. The summed E-state index contributed by atoms with van der Waals surface area (Å²) in [6, 6.07) is 3.21. The molecule has 11 heteroatoms. The minimum absolute atomic E-state index is 0.177. The van der Waals surface area contributed by atoms with E-state index in [9.17, 15) is 4.79 Å². The van der Waals surface area contributed by atoms with E-state index in [1.165, 1.54) is 23.7 Å². The van der Waals surface area contributed by atoms with E-state index in [4.69, 9.17) is 30.9 Å². The summed E-state index contributed by atoms with van der Waals surface area (Å²) in [5, 5.41) is 12.2. The van der Waals surface area contributed by atoms with Gasteiger partial charge in [-0.1, -0.05) is 22.9 Å². The lowest BCUT2D eigenvalue weighted by molar-refractivity contribution is -0.124. The summed E-state index contributed by atoms with van der Waals surface area (Å²) in [4.78, 5) is 23.7. The molecule has 2 aromatic heterocycles. The fraction of sp³-hybridized carbons (Fsp3) is 0.333. The number of nitrogens with zero attached hydrogens (tertiary/aromatic N) is 3. The second-order valence-corrected chi connectivity index (χ2v) is 7.21. The van der Waals surface area contributed by atoms with E-state index in [0.29, 0.717) is 22.6 Å². The largest absolute Gasteiger partial charge is 0.474 e. The number of hydrogen-bond acceptors (Lipinski definition) is 9. The molecule has 154 valence electrons. The van der Waals surface area contributed by atoms with Gasteiger partial charge >= 0.3 is 0 Å². The molecule has 0 radical (unpaired) electrons. The highest BCUT2D eigenvalue weighted by atomic mass is 35.5. The van der Waals surface area contributed by atoms with Crippen LogP contribution in [-0.4, -0.2) is 51.8 Å². The van der Waals surface area contributed by atoms with Gasteiger partial charge in [-0.3, -0.25) is 4.79 Å². The highest BCUT2D eigenvalue weighted by Crippen LogP contribution is 2.40. The molecule has 1 atom stereocenters. The topological polar surface area (TPSA) is 116 Å². The van der Waals surface area contributed by atoms with Crippen molar-refractivity contribution in [1.82, 2.24) is 20.3 Å². The molecule has 3 aromatic rings. The molecule has 0 saturated carbocycles. The number of aromatic nitrogens is 3. The van der Waals surface area contributed by atoms with Crippen LogP contribution in [0.4, 0.5) is 0 Å². The van der Waals surface area contributed by atoms with E-state index in [2.05, 4.69) is 20.3 Å². The molecule has 2 heterocycles. The molecule has 1 amide bonds. The van der Waals surface area contributed by atoms with Crippen LogP contribution in [0.25, 0.3) is 10.2 Å². The van der Waals surface area contributed by atoms with Gasteiger partial charge in [0.2, 0.25) is 17.7 Å². The number of fused-ring (bicyclic) bond motifs is 1. The fourth-order valence-electron chi connectivity index (χ4n) is 2.30. The van der Waals surface area contributed by atoms with Crippen LogP contribution in [0, 0.1) is 0 Å². The molecule has 2 N–H and O–H groups in total. The van der Waals surface area contributed by atoms with E-state index in [1.54, 1.807) is 19.1 Å². The summed E-state index contributed by atoms with van der Waals surface area (Å²) >= 11 is 7.78. The average molecular weight is 439 g/mol. The van der Waals surface area contributed by atoms with Crippen molar-refractivity contribution >= 4 is 39.1 Å². The highest BCUT2D eigenvalue weighted by Gasteiger charge is 2.14. The number of aliphatic hydroxyl groups excluding tert-OH is 1. The predicted molar refractivity (Wildman–Crippen MR) is 108 cm³/mol. The summed E-state index contributed by atoms with van der Waals surface area (Å²) in [5.41, 5.74) is 0.730. The fourth-order valence-corrected chi connectivity index (χ4v) is 3.52. The van der Waals surface area contributed by atoms with Crippen molar-refractivity contribution in [1.29, 1.82) is 0 Å². The molecule has 3 rings (SSSR count). The molecule has 1 aromatic carbocycles. The zero-order chi connectivity index (χ0) is 20.8. The van der Waals surface area contributed by atoms with Gasteiger partial charge < -0.3 is 24.6 Å². The van der Waals surface area contributed by atoms with Crippen molar-refractivity contribution in [2.75, 3.05) is 19.8 Å². The zero-order valence-corrected chi connectivity index (χ0v) is 17.3. The molecule has 0 aliphatic heterocycles. The maximum absolute atomic E-state index is 11.1. The van der Waals surface area contributed by atoms with Crippen LogP contribution in [0.1, 0.15) is 13.8 Å². The second kappa shape index (κ2) is 9.68. The Kier molecular flexibility index (Phi) is 7.02. The molecule has 0 bridgehead atoms. The third-order valence-corrected chi connectivity index (χ3v) is 5.05. The van der Waals surface area contributed by atoms with Crippen molar-refractivity contribution in [3.8, 4) is 22.7 Å². The number of amides is 1. The van der Waals surface area contributed by atoms with Gasteiger partial charge in [0.05, 0.1) is 35.3 Å². The summed E-state index contributed by atoms with van der Waals surface area (Å²) in [5.74, 6) is 0.468. The first-order valence-electron chi connectivity index (χ1n) is 8.75. The normalized spacial score (nSPS) is 11.9. The number of benzene rings is 1. The maximum Gasteiger partial charge on any atom is 0.274 e. The Morgan fingerprint density at radius 3 is 2.72 bits per heavy atom. The number of halogens is 1. The molecule has 0 spiro atoms. The van der Waals surface area contributed by atoms with Gasteiger partial charge in [0.25, 0.3) is 5.19 Å². The number of hydrogen-bond donors (Lipinski definition) is 2. The van der Waals surface area contributed by atoms with Crippen molar-refractivity contribution in [2.45, 2.75) is 19.9 Å². The quantitative estimate of drug-likeness (QED) is 0.524. The second-order valence-electron chi connectivity index (χ2n) is 5.87. The number of thiazole rings is 1. The van der Waals surface area contributed by atoms with Gasteiger partial charge in [0, 0.05) is 0 Å². The molecule has 0 aliphatic carbocycles. The van der Waals surface area contributed by atoms with Crippen LogP contribution >= 0.6 is 22.9 Å². The summed E-state index contributed by atoms with van der Waals surface area (Å²) < 4.78 is 17.4. The van der Waals surface area contributed by atoms with E-state index in [1.807, 2.05) is 6.92 Å². The third kappa shape index (κ3) is 5.43. The van der Waals surface area contributed by atoms with Gasteiger partial charge in [-0.15, -0.1) is 0 Å². The van der Waals surface area contributed by atoms with Crippen LogP contribution in [0.3, 0.4) is 0 Å². The Bertz CT molecular complexity index is 982. The van der Waals surface area contributed by atoms with Gasteiger partial charge in [-0.25, -0.2) is 15.0 Å². The molecular weight excluding hydrogens is 420 g/mol. The SMILES string of the molecule is CCOc1nc2ccc(Oc3cnc(OC[C@H](C)NC(=O)CO)cn3)c(Cl)c2s1. The van der Waals surface area contributed by atoms with Gasteiger partial charge in [0.1, 0.15) is 24.0 Å². The first-order chi connectivity index (χ1) is 14.0. The van der Waals surface area contributed by atoms with E-state index in [-0.39, 0.29) is 24.4 Å². The molecule has 0 saturated heterocycles. The third-order valence-electron chi connectivity index (χ3n) is 3.56. The van der Waals surface area contributed by atoms with Crippen LogP contribution in [-0.2, 0) is 4.79 Å².